The maximum Gasteiger partial charge on any atom is 0.147 e. The number of rotatable bonds is 5. The van der Waals surface area contributed by atoms with E-state index in [4.69, 9.17) is 0 Å². The number of hydrogen-bond donors (Lipinski definition) is 1. The maximum absolute atomic E-state index is 11.0. The molecule has 1 fully saturated rings. The van der Waals surface area contributed by atoms with E-state index < -0.39 is 9.84 Å². The van der Waals surface area contributed by atoms with Crippen LogP contribution in [-0.2, 0) is 9.84 Å². The molecule has 0 radical (unpaired) electrons. The molecular formula is C11H23NO2S. The lowest BCUT2D eigenvalue weighted by Crippen LogP contribution is -2.31. The first-order valence-electron chi connectivity index (χ1n) is 5.86. The van der Waals surface area contributed by atoms with Crippen molar-refractivity contribution in [2.75, 3.05) is 19.1 Å². The molecule has 0 aromatic heterocycles. The molecule has 0 aromatic rings. The standard InChI is InChI=1S/C11H23NO2S/c1-12-11-7-3-5-10(9-11)6-4-8-15(2,13)14/h10-12H,3-9H2,1-2H3. The predicted molar refractivity (Wildman–Crippen MR) is 63.8 cm³/mol. The summed E-state index contributed by atoms with van der Waals surface area (Å²) < 4.78 is 22.0. The second-order valence-electron chi connectivity index (χ2n) is 4.79. The normalized spacial score (nSPS) is 27.9. The summed E-state index contributed by atoms with van der Waals surface area (Å²) in [5, 5.41) is 3.32. The highest BCUT2D eigenvalue weighted by Gasteiger charge is 2.20. The van der Waals surface area contributed by atoms with E-state index in [0.29, 0.717) is 11.8 Å². The van der Waals surface area contributed by atoms with Crippen LogP contribution < -0.4 is 5.32 Å². The zero-order valence-electron chi connectivity index (χ0n) is 9.83. The van der Waals surface area contributed by atoms with Crippen molar-refractivity contribution in [2.24, 2.45) is 5.92 Å². The molecule has 2 unspecified atom stereocenters. The third-order valence-corrected chi connectivity index (χ3v) is 4.35. The first-order valence-corrected chi connectivity index (χ1v) is 7.92. The van der Waals surface area contributed by atoms with Gasteiger partial charge in [-0.25, -0.2) is 8.42 Å². The van der Waals surface area contributed by atoms with E-state index >= 15 is 0 Å². The van der Waals surface area contributed by atoms with Crippen LogP contribution in [0.25, 0.3) is 0 Å². The molecule has 0 aromatic carbocycles. The van der Waals surface area contributed by atoms with Crippen molar-refractivity contribution < 1.29 is 8.42 Å². The van der Waals surface area contributed by atoms with Crippen molar-refractivity contribution in [1.82, 2.24) is 5.32 Å². The van der Waals surface area contributed by atoms with Gasteiger partial charge in [-0.3, -0.25) is 0 Å². The van der Waals surface area contributed by atoms with E-state index in [9.17, 15) is 8.42 Å². The van der Waals surface area contributed by atoms with Crippen molar-refractivity contribution in [3.8, 4) is 0 Å². The molecule has 1 N–H and O–H groups in total. The summed E-state index contributed by atoms with van der Waals surface area (Å²) >= 11 is 0. The highest BCUT2D eigenvalue weighted by Crippen LogP contribution is 2.27. The van der Waals surface area contributed by atoms with Crippen LogP contribution >= 0.6 is 0 Å². The van der Waals surface area contributed by atoms with Gasteiger partial charge in [0.1, 0.15) is 9.84 Å². The highest BCUT2D eigenvalue weighted by molar-refractivity contribution is 7.90. The molecule has 4 heteroatoms. The summed E-state index contributed by atoms with van der Waals surface area (Å²) in [7, 11) is -0.742. The van der Waals surface area contributed by atoms with Crippen molar-refractivity contribution in [1.29, 1.82) is 0 Å². The largest absolute Gasteiger partial charge is 0.317 e. The van der Waals surface area contributed by atoms with Crippen molar-refractivity contribution >= 4 is 9.84 Å². The molecule has 2 atom stereocenters. The minimum absolute atomic E-state index is 0.355. The Hall–Kier alpha value is -0.0900. The number of sulfone groups is 1. The highest BCUT2D eigenvalue weighted by atomic mass is 32.2. The minimum atomic E-state index is -2.76. The van der Waals surface area contributed by atoms with Gasteiger partial charge in [0.15, 0.2) is 0 Å². The van der Waals surface area contributed by atoms with Crippen LogP contribution in [0.1, 0.15) is 38.5 Å². The topological polar surface area (TPSA) is 46.2 Å². The van der Waals surface area contributed by atoms with E-state index in [1.165, 1.54) is 31.9 Å². The van der Waals surface area contributed by atoms with Gasteiger partial charge in [-0.15, -0.1) is 0 Å². The van der Waals surface area contributed by atoms with Gasteiger partial charge < -0.3 is 5.32 Å². The summed E-state index contributed by atoms with van der Waals surface area (Å²) in [5.74, 6) is 1.09. The van der Waals surface area contributed by atoms with Crippen LogP contribution in [0.2, 0.25) is 0 Å². The van der Waals surface area contributed by atoms with Gasteiger partial charge in [-0.2, -0.15) is 0 Å². The molecule has 1 aliphatic carbocycles. The quantitative estimate of drug-likeness (QED) is 0.784. The van der Waals surface area contributed by atoms with E-state index in [1.807, 2.05) is 7.05 Å². The molecule has 0 heterocycles. The van der Waals surface area contributed by atoms with E-state index in [-0.39, 0.29) is 0 Å². The SMILES string of the molecule is CNC1CCCC(CCCS(C)(=O)=O)C1. The molecule has 0 bridgehead atoms. The lowest BCUT2D eigenvalue weighted by atomic mass is 9.83. The second-order valence-corrected chi connectivity index (χ2v) is 7.05. The molecule has 0 spiro atoms. The molecule has 15 heavy (non-hydrogen) atoms. The van der Waals surface area contributed by atoms with Gasteiger partial charge in [-0.1, -0.05) is 12.8 Å². The summed E-state index contributed by atoms with van der Waals surface area (Å²) in [5.41, 5.74) is 0. The van der Waals surface area contributed by atoms with Crippen molar-refractivity contribution in [3.63, 3.8) is 0 Å². The fourth-order valence-corrected chi connectivity index (χ4v) is 3.14. The van der Waals surface area contributed by atoms with Gasteiger partial charge >= 0.3 is 0 Å². The first kappa shape index (κ1) is 13.0. The summed E-state index contributed by atoms with van der Waals surface area (Å²) in [6, 6.07) is 0.655. The molecule has 0 amide bonds. The average molecular weight is 233 g/mol. The van der Waals surface area contributed by atoms with Gasteiger partial charge in [0.05, 0.1) is 0 Å². The van der Waals surface area contributed by atoms with Gasteiger partial charge in [0.2, 0.25) is 0 Å². The fraction of sp³-hybridized carbons (Fsp3) is 1.00. The molecule has 3 nitrogen and oxygen atoms in total. The molecule has 1 aliphatic rings. The third-order valence-electron chi connectivity index (χ3n) is 3.32. The Labute approximate surface area is 93.6 Å². The Morgan fingerprint density at radius 1 is 1.33 bits per heavy atom. The van der Waals surface area contributed by atoms with Crippen LogP contribution in [0, 0.1) is 5.92 Å². The lowest BCUT2D eigenvalue weighted by Gasteiger charge is -2.28. The Bertz CT molecular complexity index is 274. The Balaban J connectivity index is 2.21. The lowest BCUT2D eigenvalue weighted by molar-refractivity contribution is 0.281. The molecule has 1 saturated carbocycles. The van der Waals surface area contributed by atoms with Crippen LogP contribution in [-0.4, -0.2) is 33.5 Å². The fourth-order valence-electron chi connectivity index (χ4n) is 2.45. The number of nitrogens with one attached hydrogen (secondary N) is 1. The zero-order chi connectivity index (χ0) is 11.3. The molecule has 1 rings (SSSR count). The molecular weight excluding hydrogens is 210 g/mol. The third kappa shape index (κ3) is 5.52. The molecule has 90 valence electrons. The van der Waals surface area contributed by atoms with Crippen LogP contribution in [0.4, 0.5) is 0 Å². The Morgan fingerprint density at radius 2 is 2.07 bits per heavy atom. The summed E-state index contributed by atoms with van der Waals surface area (Å²) in [6.45, 7) is 0. The van der Waals surface area contributed by atoms with Gasteiger partial charge in [0.25, 0.3) is 0 Å². The van der Waals surface area contributed by atoms with E-state index in [0.717, 1.165) is 18.8 Å². The Kier molecular flexibility index (Phi) is 5.06. The zero-order valence-corrected chi connectivity index (χ0v) is 10.6. The smallest absolute Gasteiger partial charge is 0.147 e. The van der Waals surface area contributed by atoms with Crippen LogP contribution in [0.3, 0.4) is 0 Å². The monoisotopic (exact) mass is 233 g/mol. The van der Waals surface area contributed by atoms with Crippen molar-refractivity contribution in [3.05, 3.63) is 0 Å². The van der Waals surface area contributed by atoms with Gasteiger partial charge in [-0.05, 0) is 38.6 Å². The minimum Gasteiger partial charge on any atom is -0.317 e. The van der Waals surface area contributed by atoms with E-state index in [1.54, 1.807) is 0 Å². The van der Waals surface area contributed by atoms with E-state index in [2.05, 4.69) is 5.32 Å². The maximum atomic E-state index is 11.0. The number of hydrogen-bond acceptors (Lipinski definition) is 3. The summed E-state index contributed by atoms with van der Waals surface area (Å²) in [4.78, 5) is 0. The van der Waals surface area contributed by atoms with Crippen LogP contribution in [0.15, 0.2) is 0 Å². The average Bonchev–Trinajstić information content (AvgIpc) is 2.16. The Morgan fingerprint density at radius 3 is 2.67 bits per heavy atom. The second kappa shape index (κ2) is 5.85. The van der Waals surface area contributed by atoms with Crippen LogP contribution in [0.5, 0.6) is 0 Å². The summed E-state index contributed by atoms with van der Waals surface area (Å²) in [6.07, 6.45) is 8.30. The van der Waals surface area contributed by atoms with Gasteiger partial charge in [0, 0.05) is 18.1 Å². The molecule has 0 aliphatic heterocycles. The molecule has 0 saturated heterocycles. The van der Waals surface area contributed by atoms with Crippen molar-refractivity contribution in [2.45, 2.75) is 44.6 Å². The predicted octanol–water partition coefficient (Wildman–Crippen LogP) is 1.59. The first-order chi connectivity index (χ1) is 7.01.